The van der Waals surface area contributed by atoms with Gasteiger partial charge in [0.2, 0.25) is 5.95 Å². The Morgan fingerprint density at radius 3 is 2.22 bits per heavy atom. The molecule has 0 radical (unpaired) electrons. The van der Waals surface area contributed by atoms with E-state index in [2.05, 4.69) is 69.8 Å². The Labute approximate surface area is 185 Å². The van der Waals surface area contributed by atoms with E-state index in [4.69, 9.17) is 9.82 Å². The van der Waals surface area contributed by atoms with Gasteiger partial charge < -0.3 is 9.40 Å². The quantitative estimate of drug-likeness (QED) is 0.392. The summed E-state index contributed by atoms with van der Waals surface area (Å²) in [5.41, 5.74) is 4.24. The first kappa shape index (κ1) is 18.4. The van der Waals surface area contributed by atoms with Crippen molar-refractivity contribution >= 4 is 21.8 Å². The second-order valence-electron chi connectivity index (χ2n) is 7.80. The monoisotopic (exact) mass is 420 g/mol. The number of hydrogen-bond donors (Lipinski definition) is 0. The number of rotatable bonds is 5. The third kappa shape index (κ3) is 3.04. The molecule has 32 heavy (non-hydrogen) atoms. The van der Waals surface area contributed by atoms with Crippen molar-refractivity contribution in [3.63, 3.8) is 0 Å². The van der Waals surface area contributed by atoms with Crippen LogP contribution in [0.4, 0.5) is 0 Å². The molecular formula is C26H22N5O+. The Morgan fingerprint density at radius 2 is 1.50 bits per heavy atom. The van der Waals surface area contributed by atoms with E-state index in [0.717, 1.165) is 28.4 Å². The summed E-state index contributed by atoms with van der Waals surface area (Å²) in [6, 6.07) is 27.1. The molecule has 0 fully saturated rings. The summed E-state index contributed by atoms with van der Waals surface area (Å²) >= 11 is 0. The van der Waals surface area contributed by atoms with E-state index in [9.17, 15) is 0 Å². The van der Waals surface area contributed by atoms with Crippen LogP contribution in [0.2, 0.25) is 0 Å². The fourth-order valence-electron chi connectivity index (χ4n) is 4.24. The minimum absolute atomic E-state index is 0.369. The van der Waals surface area contributed by atoms with E-state index >= 15 is 0 Å². The lowest BCUT2D eigenvalue weighted by atomic mass is 10.2. The summed E-state index contributed by atoms with van der Waals surface area (Å²) in [6.07, 6.45) is 7.79. The van der Waals surface area contributed by atoms with E-state index in [1.54, 1.807) is 4.73 Å². The second kappa shape index (κ2) is 7.42. The van der Waals surface area contributed by atoms with Crippen LogP contribution in [0.5, 0.6) is 0 Å². The molecule has 6 heteroatoms. The van der Waals surface area contributed by atoms with Crippen molar-refractivity contribution in [2.45, 2.75) is 6.61 Å². The highest BCUT2D eigenvalue weighted by atomic mass is 16.7. The summed E-state index contributed by atoms with van der Waals surface area (Å²) in [7, 11) is 2.02. The van der Waals surface area contributed by atoms with Crippen LogP contribution in [-0.4, -0.2) is 18.7 Å². The minimum Gasteiger partial charge on any atom is -0.329 e. The molecular weight excluding hydrogens is 398 g/mol. The van der Waals surface area contributed by atoms with Crippen molar-refractivity contribution in [2.24, 2.45) is 7.05 Å². The lowest BCUT2D eigenvalue weighted by Gasteiger charge is -2.06. The first-order valence-electron chi connectivity index (χ1n) is 10.6. The van der Waals surface area contributed by atoms with Crippen LogP contribution in [0, 0.1) is 0 Å². The molecule has 3 aromatic carbocycles. The van der Waals surface area contributed by atoms with E-state index in [-0.39, 0.29) is 0 Å². The second-order valence-corrected chi connectivity index (χ2v) is 7.80. The van der Waals surface area contributed by atoms with Crippen LogP contribution in [0.25, 0.3) is 33.4 Å². The first-order chi connectivity index (χ1) is 15.8. The maximum Gasteiger partial charge on any atom is 0.289 e. The summed E-state index contributed by atoms with van der Waals surface area (Å²) in [5.74, 6) is 0.868. The molecule has 6 rings (SSSR count). The van der Waals surface area contributed by atoms with E-state index in [1.165, 1.54) is 10.8 Å². The molecule has 0 unspecified atom stereocenters. The molecule has 0 aliphatic carbocycles. The molecule has 3 aromatic heterocycles. The molecule has 0 spiro atoms. The molecule has 0 N–H and O–H groups in total. The van der Waals surface area contributed by atoms with Crippen molar-refractivity contribution in [1.29, 1.82) is 0 Å². The Kier molecular flexibility index (Phi) is 4.28. The lowest BCUT2D eigenvalue weighted by Crippen LogP contribution is -2.40. The number of fused-ring (bicyclic) bond motifs is 3. The predicted octanol–water partition coefficient (Wildman–Crippen LogP) is 4.22. The molecule has 0 aliphatic rings. The van der Waals surface area contributed by atoms with Gasteiger partial charge in [0.1, 0.15) is 17.6 Å². The number of aromatic nitrogens is 5. The normalized spacial score (nSPS) is 11.4. The van der Waals surface area contributed by atoms with Crippen molar-refractivity contribution in [3.8, 4) is 11.6 Å². The van der Waals surface area contributed by atoms with Gasteiger partial charge in [-0.1, -0.05) is 59.3 Å². The average molecular weight is 420 g/mol. The van der Waals surface area contributed by atoms with Gasteiger partial charge in [0.25, 0.3) is 6.33 Å². The Morgan fingerprint density at radius 1 is 0.844 bits per heavy atom. The molecule has 0 aliphatic heterocycles. The topological polar surface area (TPSA) is 40.8 Å². The molecule has 3 heterocycles. The minimum atomic E-state index is 0.369. The largest absolute Gasteiger partial charge is 0.329 e. The van der Waals surface area contributed by atoms with Crippen molar-refractivity contribution in [3.05, 3.63) is 109 Å². The third-order valence-corrected chi connectivity index (χ3v) is 5.71. The highest BCUT2D eigenvalue weighted by Crippen LogP contribution is 2.31. The number of hydrogen-bond acceptors (Lipinski definition) is 2. The van der Waals surface area contributed by atoms with Crippen LogP contribution >= 0.6 is 0 Å². The SMILES string of the molecule is Cn1cc(CO[n+]2ccn(-c3ccccc3)c2)nc1-n1c2ccccc2c2ccccc21. The zero-order valence-corrected chi connectivity index (χ0v) is 17.7. The third-order valence-electron chi connectivity index (χ3n) is 5.71. The molecule has 0 atom stereocenters. The van der Waals surface area contributed by atoms with Crippen LogP contribution in [0.15, 0.2) is 104 Å². The van der Waals surface area contributed by atoms with E-state index in [1.807, 2.05) is 54.7 Å². The number of aryl methyl sites for hydroxylation is 1. The maximum absolute atomic E-state index is 5.97. The molecule has 6 nitrogen and oxygen atoms in total. The van der Waals surface area contributed by atoms with Crippen LogP contribution in [0.1, 0.15) is 5.69 Å². The summed E-state index contributed by atoms with van der Waals surface area (Å²) in [5, 5.41) is 2.45. The van der Waals surface area contributed by atoms with Crippen molar-refractivity contribution in [2.75, 3.05) is 0 Å². The molecule has 156 valence electrons. The van der Waals surface area contributed by atoms with Crippen molar-refractivity contribution in [1.82, 2.24) is 18.7 Å². The number of para-hydroxylation sites is 3. The maximum atomic E-state index is 5.97. The van der Waals surface area contributed by atoms with Gasteiger partial charge in [0.15, 0.2) is 12.8 Å². The van der Waals surface area contributed by atoms with E-state index < -0.39 is 0 Å². The highest BCUT2D eigenvalue weighted by Gasteiger charge is 2.16. The standard InChI is InChI=1S/C26H22N5O/c1-28-17-20(18-32-30-16-15-29(19-30)21-9-3-2-4-10-21)27-26(28)31-24-13-7-5-11-22(24)23-12-6-8-14-25(23)31/h2-17,19H,18H2,1H3/q+1. The number of benzene rings is 3. The lowest BCUT2D eigenvalue weighted by molar-refractivity contribution is -0.895. The smallest absolute Gasteiger partial charge is 0.289 e. The van der Waals surface area contributed by atoms with Crippen LogP contribution in [0.3, 0.4) is 0 Å². The molecule has 0 saturated carbocycles. The first-order valence-corrected chi connectivity index (χ1v) is 10.6. The van der Waals surface area contributed by atoms with Crippen LogP contribution in [-0.2, 0) is 13.7 Å². The highest BCUT2D eigenvalue weighted by molar-refractivity contribution is 6.08. The van der Waals surface area contributed by atoms with Gasteiger partial charge in [0, 0.05) is 24.0 Å². The van der Waals surface area contributed by atoms with Gasteiger partial charge in [-0.05, 0) is 24.3 Å². The number of imidazole rings is 2. The van der Waals surface area contributed by atoms with Gasteiger partial charge in [-0.3, -0.25) is 4.57 Å². The Bertz CT molecular complexity index is 1490. The molecule has 6 aromatic rings. The van der Waals surface area contributed by atoms with E-state index in [0.29, 0.717) is 6.61 Å². The predicted molar refractivity (Wildman–Crippen MR) is 124 cm³/mol. The zero-order valence-electron chi connectivity index (χ0n) is 17.7. The van der Waals surface area contributed by atoms with Crippen molar-refractivity contribution < 1.29 is 9.57 Å². The summed E-state index contributed by atoms with van der Waals surface area (Å²) < 4.78 is 7.99. The van der Waals surface area contributed by atoms with Crippen LogP contribution < -0.4 is 9.57 Å². The zero-order chi connectivity index (χ0) is 21.5. The van der Waals surface area contributed by atoms with Gasteiger partial charge in [0.05, 0.1) is 11.0 Å². The molecule has 0 amide bonds. The molecule has 0 saturated heterocycles. The Hall–Kier alpha value is -4.32. The fourth-order valence-corrected chi connectivity index (χ4v) is 4.24. The summed E-state index contributed by atoms with van der Waals surface area (Å²) in [4.78, 5) is 10.9. The molecule has 0 bridgehead atoms. The summed E-state index contributed by atoms with van der Waals surface area (Å²) in [6.45, 7) is 0.369. The van der Waals surface area contributed by atoms with Gasteiger partial charge >= 0.3 is 0 Å². The van der Waals surface area contributed by atoms with Gasteiger partial charge in [-0.2, -0.15) is 4.57 Å². The van der Waals surface area contributed by atoms with Gasteiger partial charge in [-0.25, -0.2) is 4.98 Å². The average Bonchev–Trinajstić information content (AvgIpc) is 3.54. The number of nitrogens with zero attached hydrogens (tertiary/aromatic N) is 5. The Balaban J connectivity index is 1.31. The fraction of sp³-hybridized carbons (Fsp3) is 0.0769. The van der Waals surface area contributed by atoms with Gasteiger partial charge in [-0.15, -0.1) is 0 Å².